The fourth-order valence-electron chi connectivity index (χ4n) is 2.27. The normalized spacial score (nSPS) is 12.0. The molecule has 0 aliphatic carbocycles. The van der Waals surface area contributed by atoms with Crippen LogP contribution in [0.15, 0.2) is 47.8 Å². The molecular formula is C17H13N3O4S. The van der Waals surface area contributed by atoms with Crippen LogP contribution in [0.4, 0.5) is 16.5 Å². The first kappa shape index (κ1) is 15.3. The SMILES string of the molecule is O=C(Nc1ccc(O)cc1)c1csc(Nc2ccc3c(c2)OCO3)n1. The molecule has 2 heterocycles. The number of carbonyl (C=O) groups excluding carboxylic acids is 1. The minimum atomic E-state index is -0.319. The van der Waals surface area contributed by atoms with Gasteiger partial charge in [0.1, 0.15) is 11.4 Å². The predicted molar refractivity (Wildman–Crippen MR) is 94.0 cm³/mol. The molecule has 1 amide bonds. The molecule has 0 spiro atoms. The number of nitrogens with one attached hydrogen (secondary N) is 2. The van der Waals surface area contributed by atoms with Crippen LogP contribution in [-0.2, 0) is 0 Å². The highest BCUT2D eigenvalue weighted by Crippen LogP contribution is 2.35. The molecule has 0 unspecified atom stereocenters. The Kier molecular flexibility index (Phi) is 3.87. The summed E-state index contributed by atoms with van der Waals surface area (Å²) in [5, 5.41) is 17.4. The topological polar surface area (TPSA) is 92.7 Å². The molecule has 1 aliphatic heterocycles. The molecule has 0 saturated carbocycles. The summed E-state index contributed by atoms with van der Waals surface area (Å²) in [5.41, 5.74) is 1.69. The second-order valence-corrected chi connectivity index (χ2v) is 6.09. The van der Waals surface area contributed by atoms with E-state index in [4.69, 9.17) is 9.47 Å². The van der Waals surface area contributed by atoms with E-state index in [1.54, 1.807) is 17.5 Å². The summed E-state index contributed by atoms with van der Waals surface area (Å²) in [7, 11) is 0. The Morgan fingerprint density at radius 2 is 1.84 bits per heavy atom. The van der Waals surface area contributed by atoms with Crippen molar-refractivity contribution < 1.29 is 19.4 Å². The highest BCUT2D eigenvalue weighted by Gasteiger charge is 2.15. The lowest BCUT2D eigenvalue weighted by atomic mass is 10.3. The van der Waals surface area contributed by atoms with Gasteiger partial charge < -0.3 is 25.2 Å². The molecule has 3 aromatic rings. The molecule has 3 N–H and O–H groups in total. The summed E-state index contributed by atoms with van der Waals surface area (Å²) in [5.74, 6) is 1.20. The maximum Gasteiger partial charge on any atom is 0.275 e. The third kappa shape index (κ3) is 3.33. The summed E-state index contributed by atoms with van der Waals surface area (Å²) in [6.45, 7) is 0.220. The van der Waals surface area contributed by atoms with Gasteiger partial charge in [0, 0.05) is 22.8 Å². The minimum absolute atomic E-state index is 0.141. The van der Waals surface area contributed by atoms with Crippen LogP contribution in [0.2, 0.25) is 0 Å². The Bertz CT molecular complexity index is 924. The largest absolute Gasteiger partial charge is 0.508 e. The van der Waals surface area contributed by atoms with Crippen molar-refractivity contribution in [2.24, 2.45) is 0 Å². The van der Waals surface area contributed by atoms with Crippen LogP contribution >= 0.6 is 11.3 Å². The number of aromatic hydroxyl groups is 1. The first-order chi connectivity index (χ1) is 12.2. The van der Waals surface area contributed by atoms with E-state index in [0.29, 0.717) is 28.0 Å². The molecule has 0 fully saturated rings. The second kappa shape index (κ2) is 6.33. The van der Waals surface area contributed by atoms with E-state index in [2.05, 4.69) is 15.6 Å². The molecule has 8 heteroatoms. The fraction of sp³-hybridized carbons (Fsp3) is 0.0588. The van der Waals surface area contributed by atoms with Crippen molar-refractivity contribution in [1.82, 2.24) is 4.98 Å². The number of anilines is 3. The highest BCUT2D eigenvalue weighted by molar-refractivity contribution is 7.14. The molecule has 1 aromatic heterocycles. The van der Waals surface area contributed by atoms with Crippen LogP contribution in [0.3, 0.4) is 0 Å². The van der Waals surface area contributed by atoms with Gasteiger partial charge in [0.25, 0.3) is 5.91 Å². The van der Waals surface area contributed by atoms with Gasteiger partial charge >= 0.3 is 0 Å². The van der Waals surface area contributed by atoms with Crippen LogP contribution in [0.25, 0.3) is 0 Å². The molecule has 4 rings (SSSR count). The molecule has 0 saturated heterocycles. The molecule has 7 nitrogen and oxygen atoms in total. The summed E-state index contributed by atoms with van der Waals surface area (Å²) >= 11 is 1.32. The van der Waals surface area contributed by atoms with Crippen LogP contribution in [0.5, 0.6) is 17.2 Å². The Morgan fingerprint density at radius 3 is 2.68 bits per heavy atom. The van der Waals surface area contributed by atoms with E-state index in [-0.39, 0.29) is 18.4 Å². The van der Waals surface area contributed by atoms with E-state index in [1.807, 2.05) is 18.2 Å². The number of amides is 1. The van der Waals surface area contributed by atoms with Crippen LogP contribution in [-0.4, -0.2) is 22.8 Å². The molecule has 25 heavy (non-hydrogen) atoms. The summed E-state index contributed by atoms with van der Waals surface area (Å²) in [4.78, 5) is 16.5. The average Bonchev–Trinajstić information content (AvgIpc) is 3.26. The van der Waals surface area contributed by atoms with Gasteiger partial charge in [0.15, 0.2) is 16.6 Å². The smallest absolute Gasteiger partial charge is 0.275 e. The molecule has 126 valence electrons. The monoisotopic (exact) mass is 355 g/mol. The average molecular weight is 355 g/mol. The van der Waals surface area contributed by atoms with Crippen molar-refractivity contribution in [2.75, 3.05) is 17.4 Å². The van der Waals surface area contributed by atoms with Gasteiger partial charge in [-0.15, -0.1) is 11.3 Å². The van der Waals surface area contributed by atoms with E-state index in [0.717, 1.165) is 5.69 Å². The van der Waals surface area contributed by atoms with Crippen LogP contribution < -0.4 is 20.1 Å². The third-order valence-electron chi connectivity index (χ3n) is 3.49. The molecule has 0 atom stereocenters. The van der Waals surface area contributed by atoms with E-state index in [1.165, 1.54) is 23.5 Å². The first-order valence-electron chi connectivity index (χ1n) is 7.40. The molecular weight excluding hydrogens is 342 g/mol. The minimum Gasteiger partial charge on any atom is -0.508 e. The number of phenols is 1. The Morgan fingerprint density at radius 1 is 1.08 bits per heavy atom. The van der Waals surface area contributed by atoms with Crippen LogP contribution in [0.1, 0.15) is 10.5 Å². The number of nitrogens with zero attached hydrogens (tertiary/aromatic N) is 1. The van der Waals surface area contributed by atoms with Gasteiger partial charge in [-0.3, -0.25) is 4.79 Å². The van der Waals surface area contributed by atoms with E-state index < -0.39 is 0 Å². The standard InChI is InChI=1S/C17H13N3O4S/c21-12-4-1-10(2-5-12)18-16(22)13-8-25-17(20-13)19-11-3-6-14-15(7-11)24-9-23-14/h1-8,21H,9H2,(H,18,22)(H,19,20). The van der Waals surface area contributed by atoms with Gasteiger partial charge in [0.2, 0.25) is 6.79 Å². The second-order valence-electron chi connectivity index (χ2n) is 5.23. The Balaban J connectivity index is 1.44. The number of benzene rings is 2. The van der Waals surface area contributed by atoms with Crippen molar-refractivity contribution in [1.29, 1.82) is 0 Å². The zero-order valence-electron chi connectivity index (χ0n) is 12.9. The van der Waals surface area contributed by atoms with Crippen LogP contribution in [0, 0.1) is 0 Å². The first-order valence-corrected chi connectivity index (χ1v) is 8.28. The number of ether oxygens (including phenoxy) is 2. The molecule has 2 aromatic carbocycles. The maximum atomic E-state index is 12.2. The van der Waals surface area contributed by atoms with Gasteiger partial charge in [-0.05, 0) is 36.4 Å². The number of fused-ring (bicyclic) bond motifs is 1. The fourth-order valence-corrected chi connectivity index (χ4v) is 2.98. The third-order valence-corrected chi connectivity index (χ3v) is 4.24. The Labute approximate surface area is 146 Å². The zero-order chi connectivity index (χ0) is 17.2. The number of carbonyl (C=O) groups is 1. The zero-order valence-corrected chi connectivity index (χ0v) is 13.7. The predicted octanol–water partition coefficient (Wildman–Crippen LogP) is 3.57. The maximum absolute atomic E-state index is 12.2. The quantitative estimate of drug-likeness (QED) is 0.620. The molecule has 0 bridgehead atoms. The number of phenolic OH excluding ortho intramolecular Hbond substituents is 1. The van der Waals surface area contributed by atoms with Gasteiger partial charge in [-0.1, -0.05) is 0 Å². The number of aromatic nitrogens is 1. The number of hydrogen-bond donors (Lipinski definition) is 3. The summed E-state index contributed by atoms with van der Waals surface area (Å²) in [6.07, 6.45) is 0. The lowest BCUT2D eigenvalue weighted by molar-refractivity contribution is 0.102. The Hall–Kier alpha value is -3.26. The number of hydrogen-bond acceptors (Lipinski definition) is 7. The lowest BCUT2D eigenvalue weighted by Gasteiger charge is -2.04. The highest BCUT2D eigenvalue weighted by atomic mass is 32.1. The van der Waals surface area contributed by atoms with E-state index in [9.17, 15) is 9.90 Å². The van der Waals surface area contributed by atoms with Gasteiger partial charge in [-0.25, -0.2) is 4.98 Å². The summed E-state index contributed by atoms with van der Waals surface area (Å²) < 4.78 is 10.6. The number of thiazole rings is 1. The summed E-state index contributed by atoms with van der Waals surface area (Å²) in [6, 6.07) is 11.7. The van der Waals surface area contributed by atoms with Crippen molar-refractivity contribution >= 4 is 33.8 Å². The lowest BCUT2D eigenvalue weighted by Crippen LogP contribution is -2.12. The molecule has 0 radical (unpaired) electrons. The van der Waals surface area contributed by atoms with Crippen molar-refractivity contribution in [2.45, 2.75) is 0 Å². The van der Waals surface area contributed by atoms with Crippen molar-refractivity contribution in [3.05, 3.63) is 53.5 Å². The van der Waals surface area contributed by atoms with Gasteiger partial charge in [0.05, 0.1) is 0 Å². The molecule has 1 aliphatic rings. The van der Waals surface area contributed by atoms with Gasteiger partial charge in [-0.2, -0.15) is 0 Å². The van der Waals surface area contributed by atoms with Crippen molar-refractivity contribution in [3.63, 3.8) is 0 Å². The van der Waals surface area contributed by atoms with E-state index >= 15 is 0 Å². The van der Waals surface area contributed by atoms with Crippen molar-refractivity contribution in [3.8, 4) is 17.2 Å². The number of rotatable bonds is 4.